The normalized spacial score (nSPS) is 9.91. The molecule has 0 heterocycles. The van der Waals surface area contributed by atoms with E-state index in [1.54, 1.807) is 0 Å². The van der Waals surface area contributed by atoms with Crippen LogP contribution in [0.5, 0.6) is 0 Å². The van der Waals surface area contributed by atoms with Crippen molar-refractivity contribution in [1.29, 1.82) is 0 Å². The molecule has 0 N–H and O–H groups in total. The smallest absolute Gasteiger partial charge is 0.00671 e. The Morgan fingerprint density at radius 2 is 1.91 bits per heavy atom. The molecule has 0 nitrogen and oxygen atoms in total. The van der Waals surface area contributed by atoms with Gasteiger partial charge in [0.05, 0.1) is 0 Å². The maximum Gasteiger partial charge on any atom is -0.00671 e. The minimum Gasteiger partial charge on any atom is -0.165 e. The van der Waals surface area contributed by atoms with E-state index in [9.17, 15) is 0 Å². The maximum atomic E-state index is 2.19. The summed E-state index contributed by atoms with van der Waals surface area (Å²) in [6.07, 6.45) is 4.68. The summed E-state index contributed by atoms with van der Waals surface area (Å²) in [7, 11) is 0. The molecule has 0 saturated carbocycles. The van der Waals surface area contributed by atoms with Gasteiger partial charge in [0.25, 0.3) is 0 Å². The van der Waals surface area contributed by atoms with Crippen molar-refractivity contribution in [3.8, 4) is 0 Å². The third kappa shape index (κ3) is 3.47. The molecule has 1 heteroatoms. The van der Waals surface area contributed by atoms with E-state index in [1.807, 2.05) is 11.8 Å². The van der Waals surface area contributed by atoms with Crippen molar-refractivity contribution < 1.29 is 0 Å². The molecule has 0 aliphatic heterocycles. The summed E-state index contributed by atoms with van der Waals surface area (Å²) in [5.74, 6) is 1.27. The molecule has 11 heavy (non-hydrogen) atoms. The SMILES string of the molecule is CSCCCc1ccccc1. The fraction of sp³-hybridized carbons (Fsp3) is 0.400. The second kappa shape index (κ2) is 5.25. The number of rotatable bonds is 4. The van der Waals surface area contributed by atoms with Gasteiger partial charge in [-0.3, -0.25) is 0 Å². The Kier molecular flexibility index (Phi) is 4.14. The molecule has 0 spiro atoms. The minimum absolute atomic E-state index is 1.22. The Bertz CT molecular complexity index is 181. The second-order valence-corrected chi connectivity index (χ2v) is 3.57. The quantitative estimate of drug-likeness (QED) is 0.620. The number of benzene rings is 1. The topological polar surface area (TPSA) is 0 Å². The highest BCUT2D eigenvalue weighted by Crippen LogP contribution is 2.04. The summed E-state index contributed by atoms with van der Waals surface area (Å²) in [5.41, 5.74) is 1.46. The van der Waals surface area contributed by atoms with E-state index in [0.717, 1.165) is 0 Å². The van der Waals surface area contributed by atoms with Crippen molar-refractivity contribution in [3.05, 3.63) is 35.9 Å². The Morgan fingerprint density at radius 3 is 2.55 bits per heavy atom. The van der Waals surface area contributed by atoms with Crippen molar-refractivity contribution in [2.24, 2.45) is 0 Å². The number of hydrogen-bond donors (Lipinski definition) is 0. The standard InChI is InChI=1S/C10H14S/c1-11-9-5-8-10-6-3-2-4-7-10/h2-4,6-7H,5,8-9H2,1H3. The van der Waals surface area contributed by atoms with Crippen LogP contribution in [-0.2, 0) is 6.42 Å². The van der Waals surface area contributed by atoms with Gasteiger partial charge in [0.1, 0.15) is 0 Å². The zero-order valence-electron chi connectivity index (χ0n) is 6.92. The molecule has 60 valence electrons. The molecule has 0 radical (unpaired) electrons. The van der Waals surface area contributed by atoms with E-state index in [4.69, 9.17) is 0 Å². The molecule has 1 rings (SSSR count). The van der Waals surface area contributed by atoms with E-state index in [0.29, 0.717) is 0 Å². The van der Waals surface area contributed by atoms with Crippen LogP contribution >= 0.6 is 11.8 Å². The fourth-order valence-corrected chi connectivity index (χ4v) is 1.50. The molecule has 0 fully saturated rings. The Balaban J connectivity index is 2.28. The number of hydrogen-bond acceptors (Lipinski definition) is 1. The van der Waals surface area contributed by atoms with E-state index in [-0.39, 0.29) is 0 Å². The van der Waals surface area contributed by atoms with Gasteiger partial charge in [-0.2, -0.15) is 11.8 Å². The van der Waals surface area contributed by atoms with Gasteiger partial charge < -0.3 is 0 Å². The predicted molar refractivity (Wildman–Crippen MR) is 53.1 cm³/mol. The van der Waals surface area contributed by atoms with E-state index >= 15 is 0 Å². The van der Waals surface area contributed by atoms with Crippen LogP contribution in [0, 0.1) is 0 Å². The fourth-order valence-electron chi connectivity index (χ4n) is 1.07. The van der Waals surface area contributed by atoms with Crippen LogP contribution in [0.25, 0.3) is 0 Å². The molecule has 1 aromatic carbocycles. The summed E-state index contributed by atoms with van der Waals surface area (Å²) in [6.45, 7) is 0. The second-order valence-electron chi connectivity index (χ2n) is 2.58. The average Bonchev–Trinajstić information content (AvgIpc) is 2.07. The van der Waals surface area contributed by atoms with Crippen molar-refractivity contribution in [3.63, 3.8) is 0 Å². The zero-order chi connectivity index (χ0) is 7.94. The molecule has 0 aliphatic carbocycles. The predicted octanol–water partition coefficient (Wildman–Crippen LogP) is 2.98. The van der Waals surface area contributed by atoms with Gasteiger partial charge >= 0.3 is 0 Å². The number of aryl methyl sites for hydroxylation is 1. The van der Waals surface area contributed by atoms with Crippen molar-refractivity contribution >= 4 is 11.8 Å². The van der Waals surface area contributed by atoms with Crippen LogP contribution < -0.4 is 0 Å². The van der Waals surface area contributed by atoms with Gasteiger partial charge in [-0.05, 0) is 30.4 Å². The van der Waals surface area contributed by atoms with Crippen LogP contribution in [0.3, 0.4) is 0 Å². The lowest BCUT2D eigenvalue weighted by Crippen LogP contribution is -1.85. The molecule has 0 amide bonds. The molecular weight excluding hydrogens is 152 g/mol. The Labute approximate surface area is 73.0 Å². The third-order valence-corrected chi connectivity index (χ3v) is 2.35. The molecule has 0 unspecified atom stereocenters. The highest BCUT2D eigenvalue weighted by atomic mass is 32.2. The molecule has 1 aromatic rings. The molecule has 0 aliphatic rings. The largest absolute Gasteiger partial charge is 0.165 e. The molecule has 0 bridgehead atoms. The molecule has 0 atom stereocenters. The summed E-state index contributed by atoms with van der Waals surface area (Å²) in [5, 5.41) is 0. The lowest BCUT2D eigenvalue weighted by molar-refractivity contribution is 0.934. The number of thioether (sulfide) groups is 1. The lowest BCUT2D eigenvalue weighted by atomic mass is 10.1. The van der Waals surface area contributed by atoms with Crippen LogP contribution in [0.1, 0.15) is 12.0 Å². The van der Waals surface area contributed by atoms with Crippen LogP contribution in [0.4, 0.5) is 0 Å². The monoisotopic (exact) mass is 166 g/mol. The van der Waals surface area contributed by atoms with Gasteiger partial charge in [0, 0.05) is 0 Å². The first-order valence-corrected chi connectivity index (χ1v) is 5.36. The Morgan fingerprint density at radius 1 is 1.18 bits per heavy atom. The van der Waals surface area contributed by atoms with Crippen LogP contribution in [-0.4, -0.2) is 12.0 Å². The summed E-state index contributed by atoms with van der Waals surface area (Å²) in [4.78, 5) is 0. The van der Waals surface area contributed by atoms with Gasteiger partial charge in [0.2, 0.25) is 0 Å². The van der Waals surface area contributed by atoms with Gasteiger partial charge in [-0.25, -0.2) is 0 Å². The maximum absolute atomic E-state index is 2.19. The summed E-state index contributed by atoms with van der Waals surface area (Å²) < 4.78 is 0. The molecular formula is C10H14S. The van der Waals surface area contributed by atoms with E-state index in [2.05, 4.69) is 36.6 Å². The first kappa shape index (κ1) is 8.66. The van der Waals surface area contributed by atoms with Crippen molar-refractivity contribution in [2.75, 3.05) is 12.0 Å². The first-order valence-electron chi connectivity index (χ1n) is 3.96. The van der Waals surface area contributed by atoms with Crippen molar-refractivity contribution in [2.45, 2.75) is 12.8 Å². The van der Waals surface area contributed by atoms with E-state index in [1.165, 1.54) is 24.2 Å². The van der Waals surface area contributed by atoms with Crippen LogP contribution in [0.2, 0.25) is 0 Å². The summed E-state index contributed by atoms with van der Waals surface area (Å²) >= 11 is 1.92. The van der Waals surface area contributed by atoms with Gasteiger partial charge in [-0.15, -0.1) is 0 Å². The first-order chi connectivity index (χ1) is 5.43. The van der Waals surface area contributed by atoms with Crippen LogP contribution in [0.15, 0.2) is 30.3 Å². The van der Waals surface area contributed by atoms with E-state index < -0.39 is 0 Å². The molecule has 0 aromatic heterocycles. The van der Waals surface area contributed by atoms with Gasteiger partial charge in [-0.1, -0.05) is 30.3 Å². The summed E-state index contributed by atoms with van der Waals surface area (Å²) in [6, 6.07) is 10.7. The zero-order valence-corrected chi connectivity index (χ0v) is 7.73. The molecule has 0 saturated heterocycles. The Hall–Kier alpha value is -0.430. The highest BCUT2D eigenvalue weighted by Gasteiger charge is 1.89. The van der Waals surface area contributed by atoms with Crippen molar-refractivity contribution in [1.82, 2.24) is 0 Å². The van der Waals surface area contributed by atoms with Gasteiger partial charge in [0.15, 0.2) is 0 Å². The minimum atomic E-state index is 1.22. The lowest BCUT2D eigenvalue weighted by Gasteiger charge is -1.98. The average molecular weight is 166 g/mol. The highest BCUT2D eigenvalue weighted by molar-refractivity contribution is 7.98. The third-order valence-electron chi connectivity index (χ3n) is 1.66.